The molecule has 2 atom stereocenters. The normalized spacial score (nSPS) is 21.1. The first-order chi connectivity index (χ1) is 9.78. The van der Waals surface area contributed by atoms with Crippen LogP contribution in [0.3, 0.4) is 0 Å². The second-order valence-electron chi connectivity index (χ2n) is 5.28. The number of aryl methyl sites for hydroxylation is 1. The molecule has 1 aliphatic rings. The van der Waals surface area contributed by atoms with E-state index < -0.39 is 0 Å². The van der Waals surface area contributed by atoms with Crippen molar-refractivity contribution in [1.82, 2.24) is 10.3 Å². The molecule has 1 aliphatic heterocycles. The summed E-state index contributed by atoms with van der Waals surface area (Å²) in [6.45, 7) is 5.22. The van der Waals surface area contributed by atoms with E-state index >= 15 is 0 Å². The van der Waals surface area contributed by atoms with Crippen molar-refractivity contribution in [3.8, 4) is 5.75 Å². The lowest BCUT2D eigenvalue weighted by molar-refractivity contribution is 0.151. The lowest BCUT2D eigenvalue weighted by Crippen LogP contribution is -2.29. The molecule has 0 spiro atoms. The summed E-state index contributed by atoms with van der Waals surface area (Å²) in [6.07, 6.45) is 4.71. The Hall–Kier alpha value is -1.87. The van der Waals surface area contributed by atoms with Gasteiger partial charge in [0.2, 0.25) is 0 Å². The zero-order chi connectivity index (χ0) is 13.9. The predicted octanol–water partition coefficient (Wildman–Crippen LogP) is 3.56. The zero-order valence-electron chi connectivity index (χ0n) is 12.0. The van der Waals surface area contributed by atoms with E-state index in [4.69, 9.17) is 4.74 Å². The van der Waals surface area contributed by atoms with E-state index in [1.54, 1.807) is 6.20 Å². The minimum absolute atomic E-state index is 0.0722. The van der Waals surface area contributed by atoms with Crippen LogP contribution in [0.2, 0.25) is 0 Å². The van der Waals surface area contributed by atoms with Gasteiger partial charge in [0.15, 0.2) is 0 Å². The third kappa shape index (κ3) is 2.54. The molecule has 1 aromatic carbocycles. The number of ether oxygens (including phenoxy) is 1. The molecule has 3 nitrogen and oxygen atoms in total. The molecule has 0 fully saturated rings. The van der Waals surface area contributed by atoms with Crippen molar-refractivity contribution in [2.75, 3.05) is 6.54 Å². The molecule has 0 saturated carbocycles. The highest BCUT2D eigenvalue weighted by atomic mass is 16.5. The molecule has 2 unspecified atom stereocenters. The molecule has 1 N–H and O–H groups in total. The first kappa shape index (κ1) is 13.1. The maximum absolute atomic E-state index is 6.17. The molecule has 2 heterocycles. The molecule has 0 radical (unpaired) electrons. The van der Waals surface area contributed by atoms with Crippen molar-refractivity contribution in [2.45, 2.75) is 32.4 Å². The number of benzene rings is 1. The van der Waals surface area contributed by atoms with Crippen LogP contribution in [0.1, 0.15) is 42.2 Å². The van der Waals surface area contributed by atoms with Crippen molar-refractivity contribution >= 4 is 0 Å². The lowest BCUT2D eigenvalue weighted by Gasteiger charge is -2.33. The smallest absolute Gasteiger partial charge is 0.127 e. The van der Waals surface area contributed by atoms with Crippen molar-refractivity contribution in [3.63, 3.8) is 0 Å². The first-order valence-corrected chi connectivity index (χ1v) is 7.18. The Morgan fingerprint density at radius 2 is 2.25 bits per heavy atom. The summed E-state index contributed by atoms with van der Waals surface area (Å²) in [6, 6.07) is 10.8. The van der Waals surface area contributed by atoms with Crippen LogP contribution >= 0.6 is 0 Å². The number of aromatic nitrogens is 1. The Morgan fingerprint density at radius 1 is 1.35 bits per heavy atom. The van der Waals surface area contributed by atoms with Crippen molar-refractivity contribution < 1.29 is 4.74 Å². The van der Waals surface area contributed by atoms with Gasteiger partial charge in [-0.3, -0.25) is 4.98 Å². The number of pyridine rings is 1. The van der Waals surface area contributed by atoms with Crippen LogP contribution in [-0.2, 0) is 0 Å². The van der Waals surface area contributed by atoms with E-state index in [0.717, 1.165) is 24.3 Å². The van der Waals surface area contributed by atoms with E-state index in [0.29, 0.717) is 6.04 Å². The summed E-state index contributed by atoms with van der Waals surface area (Å²) in [5, 5.41) is 3.57. The first-order valence-electron chi connectivity index (χ1n) is 7.18. The fourth-order valence-corrected chi connectivity index (χ4v) is 2.80. The van der Waals surface area contributed by atoms with Gasteiger partial charge in [-0.2, -0.15) is 0 Å². The summed E-state index contributed by atoms with van der Waals surface area (Å²) < 4.78 is 6.17. The highest BCUT2D eigenvalue weighted by Crippen LogP contribution is 2.40. The number of hydrogen-bond donors (Lipinski definition) is 1. The van der Waals surface area contributed by atoms with Gasteiger partial charge in [0.25, 0.3) is 0 Å². The average molecular weight is 268 g/mol. The highest BCUT2D eigenvalue weighted by Gasteiger charge is 2.28. The van der Waals surface area contributed by atoms with E-state index in [2.05, 4.69) is 48.4 Å². The molecule has 0 bridgehead atoms. The maximum Gasteiger partial charge on any atom is 0.127 e. The van der Waals surface area contributed by atoms with Crippen LogP contribution in [0.4, 0.5) is 0 Å². The van der Waals surface area contributed by atoms with Gasteiger partial charge < -0.3 is 10.1 Å². The van der Waals surface area contributed by atoms with Gasteiger partial charge in [0.05, 0.1) is 0 Å². The van der Waals surface area contributed by atoms with Crippen LogP contribution in [0.5, 0.6) is 5.75 Å². The Labute approximate surface area is 120 Å². The summed E-state index contributed by atoms with van der Waals surface area (Å²) in [7, 11) is 0. The average Bonchev–Trinajstić information content (AvgIpc) is 2.49. The van der Waals surface area contributed by atoms with Crippen LogP contribution < -0.4 is 10.1 Å². The zero-order valence-corrected chi connectivity index (χ0v) is 12.0. The van der Waals surface area contributed by atoms with Gasteiger partial charge >= 0.3 is 0 Å². The second-order valence-corrected chi connectivity index (χ2v) is 5.28. The Kier molecular flexibility index (Phi) is 3.70. The van der Waals surface area contributed by atoms with Gasteiger partial charge in [-0.25, -0.2) is 0 Å². The van der Waals surface area contributed by atoms with Gasteiger partial charge in [0.1, 0.15) is 11.9 Å². The van der Waals surface area contributed by atoms with Crippen molar-refractivity contribution in [3.05, 3.63) is 59.4 Å². The molecule has 0 amide bonds. The van der Waals surface area contributed by atoms with Crippen LogP contribution in [0, 0.1) is 6.92 Å². The SMILES string of the molecule is CCNC1CC(c2cccnc2)Oc2ccc(C)cc21. The molecular formula is C17H20N2O. The maximum atomic E-state index is 6.17. The lowest BCUT2D eigenvalue weighted by atomic mass is 9.92. The van der Waals surface area contributed by atoms with E-state index in [9.17, 15) is 0 Å². The molecule has 0 aliphatic carbocycles. The monoisotopic (exact) mass is 268 g/mol. The summed E-state index contributed by atoms with van der Waals surface area (Å²) in [5.41, 5.74) is 3.68. The van der Waals surface area contributed by atoms with Gasteiger partial charge in [-0.15, -0.1) is 0 Å². The Bertz CT molecular complexity index is 583. The largest absolute Gasteiger partial charge is 0.485 e. The minimum Gasteiger partial charge on any atom is -0.485 e. The molecule has 3 rings (SSSR count). The quantitative estimate of drug-likeness (QED) is 0.924. The second kappa shape index (κ2) is 5.63. The fraction of sp³-hybridized carbons (Fsp3) is 0.353. The number of nitrogens with zero attached hydrogens (tertiary/aromatic N) is 1. The van der Waals surface area contributed by atoms with Crippen molar-refractivity contribution in [1.29, 1.82) is 0 Å². The van der Waals surface area contributed by atoms with Crippen LogP contribution in [0.15, 0.2) is 42.7 Å². The summed E-state index contributed by atoms with van der Waals surface area (Å²) in [4.78, 5) is 4.20. The molecule has 1 aromatic heterocycles. The van der Waals surface area contributed by atoms with Crippen molar-refractivity contribution in [2.24, 2.45) is 0 Å². The summed E-state index contributed by atoms with van der Waals surface area (Å²) >= 11 is 0. The number of rotatable bonds is 3. The predicted molar refractivity (Wildman–Crippen MR) is 79.8 cm³/mol. The van der Waals surface area contributed by atoms with E-state index in [1.807, 2.05) is 12.3 Å². The summed E-state index contributed by atoms with van der Waals surface area (Å²) in [5.74, 6) is 0.988. The van der Waals surface area contributed by atoms with Gasteiger partial charge in [0, 0.05) is 36.0 Å². The molecule has 3 heteroatoms. The Balaban J connectivity index is 1.95. The third-order valence-electron chi connectivity index (χ3n) is 3.77. The third-order valence-corrected chi connectivity index (χ3v) is 3.77. The van der Waals surface area contributed by atoms with Crippen LogP contribution in [0.25, 0.3) is 0 Å². The number of hydrogen-bond acceptors (Lipinski definition) is 3. The number of fused-ring (bicyclic) bond motifs is 1. The molecule has 104 valence electrons. The molecule has 2 aromatic rings. The molecular weight excluding hydrogens is 248 g/mol. The molecule has 20 heavy (non-hydrogen) atoms. The van der Waals surface area contributed by atoms with E-state index in [1.165, 1.54) is 11.1 Å². The Morgan fingerprint density at radius 3 is 3.00 bits per heavy atom. The van der Waals surface area contributed by atoms with E-state index in [-0.39, 0.29) is 6.10 Å². The topological polar surface area (TPSA) is 34.2 Å². The fourth-order valence-electron chi connectivity index (χ4n) is 2.80. The van der Waals surface area contributed by atoms with Crippen LogP contribution in [-0.4, -0.2) is 11.5 Å². The highest BCUT2D eigenvalue weighted by molar-refractivity contribution is 5.41. The minimum atomic E-state index is 0.0722. The van der Waals surface area contributed by atoms with Gasteiger partial charge in [-0.05, 0) is 25.6 Å². The standard InChI is InChI=1S/C17H20N2O/c1-3-19-15-10-17(13-5-4-8-18-11-13)20-16-7-6-12(2)9-14(15)16/h4-9,11,15,17,19H,3,10H2,1-2H3. The van der Waals surface area contributed by atoms with Gasteiger partial charge in [-0.1, -0.05) is 30.7 Å². The number of nitrogens with one attached hydrogen (secondary N) is 1. The molecule has 0 saturated heterocycles.